The predicted molar refractivity (Wildman–Crippen MR) is 90.6 cm³/mol. The van der Waals surface area contributed by atoms with Crippen molar-refractivity contribution in [2.24, 2.45) is 4.99 Å². The summed E-state index contributed by atoms with van der Waals surface area (Å²) in [7, 11) is 1.86. The van der Waals surface area contributed by atoms with Gasteiger partial charge in [-0.25, -0.2) is 0 Å². The van der Waals surface area contributed by atoms with Gasteiger partial charge in [0.2, 0.25) is 0 Å². The predicted octanol–water partition coefficient (Wildman–Crippen LogP) is 5.61. The molecule has 0 aliphatic carbocycles. The summed E-state index contributed by atoms with van der Waals surface area (Å²) in [6.45, 7) is 2.25. The van der Waals surface area contributed by atoms with Gasteiger partial charge < -0.3 is 0 Å². The average Bonchev–Trinajstić information content (AvgIpc) is 2.48. The van der Waals surface area contributed by atoms with E-state index >= 15 is 0 Å². The van der Waals surface area contributed by atoms with Crippen LogP contribution in [0.5, 0.6) is 0 Å². The maximum Gasteiger partial charge on any atom is 0.0277 e. The monoisotopic (exact) mass is 271 g/mol. The van der Waals surface area contributed by atoms with Crippen molar-refractivity contribution >= 4 is 6.21 Å². The molecule has 0 heterocycles. The molecule has 0 aliphatic rings. The lowest BCUT2D eigenvalue weighted by Crippen LogP contribution is -1.88. The minimum Gasteiger partial charge on any atom is -0.296 e. The van der Waals surface area contributed by atoms with Crippen LogP contribution in [0.25, 0.3) is 0 Å². The van der Waals surface area contributed by atoms with Crippen LogP contribution >= 0.6 is 0 Å². The van der Waals surface area contributed by atoms with E-state index in [2.05, 4.69) is 48.3 Å². The van der Waals surface area contributed by atoms with Crippen molar-refractivity contribution in [2.45, 2.75) is 58.3 Å². The highest BCUT2D eigenvalue weighted by atomic mass is 14.6. The molecule has 0 atom stereocenters. The normalized spacial score (nSPS) is 12.2. The zero-order valence-corrected chi connectivity index (χ0v) is 13.1. The highest BCUT2D eigenvalue weighted by molar-refractivity contribution is 5.78. The van der Waals surface area contributed by atoms with Gasteiger partial charge in [0.1, 0.15) is 0 Å². The molecule has 0 spiro atoms. The van der Waals surface area contributed by atoms with Crippen molar-refractivity contribution in [1.82, 2.24) is 0 Å². The highest BCUT2D eigenvalue weighted by Crippen LogP contribution is 2.11. The van der Waals surface area contributed by atoms with Gasteiger partial charge in [-0.05, 0) is 49.7 Å². The molecule has 1 aromatic carbocycles. The molecule has 1 aromatic rings. The first-order chi connectivity index (χ1) is 9.86. The molecule has 0 bridgehead atoms. The van der Waals surface area contributed by atoms with E-state index in [0.29, 0.717) is 0 Å². The molecule has 0 saturated carbocycles. The lowest BCUT2D eigenvalue weighted by Gasteiger charge is -2.03. The summed E-state index contributed by atoms with van der Waals surface area (Å²) in [6.07, 6.45) is 14.4. The van der Waals surface area contributed by atoms with Crippen molar-refractivity contribution in [2.75, 3.05) is 7.05 Å². The molecular weight excluding hydrogens is 242 g/mol. The first-order valence-electron chi connectivity index (χ1n) is 8.02. The SMILES string of the molecule is CCCCCC(/C=N\C)=C/CCCCc1ccccc1. The summed E-state index contributed by atoms with van der Waals surface area (Å²) in [6, 6.07) is 10.8. The van der Waals surface area contributed by atoms with Crippen molar-refractivity contribution in [1.29, 1.82) is 0 Å². The van der Waals surface area contributed by atoms with Crippen LogP contribution in [0.2, 0.25) is 0 Å². The Hall–Kier alpha value is -1.37. The molecule has 0 aliphatic heterocycles. The largest absolute Gasteiger partial charge is 0.296 e. The summed E-state index contributed by atoms with van der Waals surface area (Å²) in [5.74, 6) is 0. The minimum absolute atomic E-state index is 1.18. The fraction of sp³-hybridized carbons (Fsp3) is 0.526. The topological polar surface area (TPSA) is 12.4 Å². The summed E-state index contributed by atoms with van der Waals surface area (Å²) in [5, 5.41) is 0. The minimum atomic E-state index is 1.18. The lowest BCUT2D eigenvalue weighted by molar-refractivity contribution is 0.714. The average molecular weight is 271 g/mol. The van der Waals surface area contributed by atoms with Crippen LogP contribution < -0.4 is 0 Å². The fourth-order valence-electron chi connectivity index (χ4n) is 2.37. The number of aryl methyl sites for hydroxylation is 1. The zero-order valence-electron chi connectivity index (χ0n) is 13.1. The van der Waals surface area contributed by atoms with E-state index in [1.54, 1.807) is 0 Å². The van der Waals surface area contributed by atoms with Gasteiger partial charge in [-0.2, -0.15) is 0 Å². The fourth-order valence-corrected chi connectivity index (χ4v) is 2.37. The van der Waals surface area contributed by atoms with Gasteiger partial charge in [0.15, 0.2) is 0 Å². The van der Waals surface area contributed by atoms with Crippen molar-refractivity contribution < 1.29 is 0 Å². The number of nitrogens with zero attached hydrogens (tertiary/aromatic N) is 1. The first-order valence-corrected chi connectivity index (χ1v) is 8.02. The molecule has 0 aromatic heterocycles. The van der Waals surface area contributed by atoms with Gasteiger partial charge in [-0.15, -0.1) is 0 Å². The van der Waals surface area contributed by atoms with E-state index in [1.807, 2.05) is 13.3 Å². The number of allylic oxidation sites excluding steroid dienone is 2. The van der Waals surface area contributed by atoms with E-state index in [0.717, 1.165) is 0 Å². The van der Waals surface area contributed by atoms with Gasteiger partial charge in [-0.3, -0.25) is 4.99 Å². The molecule has 0 fully saturated rings. The Kier molecular flexibility index (Phi) is 9.56. The molecule has 0 saturated heterocycles. The van der Waals surface area contributed by atoms with Gasteiger partial charge >= 0.3 is 0 Å². The number of benzene rings is 1. The van der Waals surface area contributed by atoms with Gasteiger partial charge in [0.25, 0.3) is 0 Å². The number of rotatable bonds is 10. The van der Waals surface area contributed by atoms with Crippen molar-refractivity contribution in [3.63, 3.8) is 0 Å². The van der Waals surface area contributed by atoms with Crippen LogP contribution in [0.3, 0.4) is 0 Å². The molecule has 1 heteroatoms. The Morgan fingerprint density at radius 2 is 1.85 bits per heavy atom. The molecule has 20 heavy (non-hydrogen) atoms. The molecule has 0 amide bonds. The standard InChI is InChI=1S/C19H29N/c1-3-4-7-15-19(17-20-2)16-11-6-10-14-18-12-8-5-9-13-18/h5,8-9,12-13,16-17H,3-4,6-7,10-11,14-15H2,1-2H3/b19-16-,20-17-. The molecule has 1 rings (SSSR count). The number of unbranched alkanes of at least 4 members (excludes halogenated alkanes) is 4. The van der Waals surface area contributed by atoms with E-state index in [1.165, 1.54) is 62.5 Å². The van der Waals surface area contributed by atoms with Crippen LogP contribution in [0.4, 0.5) is 0 Å². The van der Waals surface area contributed by atoms with Crippen LogP contribution in [-0.4, -0.2) is 13.3 Å². The van der Waals surface area contributed by atoms with Crippen LogP contribution in [0.1, 0.15) is 57.4 Å². The number of hydrogen-bond acceptors (Lipinski definition) is 1. The summed E-state index contributed by atoms with van der Waals surface area (Å²) >= 11 is 0. The Morgan fingerprint density at radius 3 is 2.55 bits per heavy atom. The van der Waals surface area contributed by atoms with E-state index < -0.39 is 0 Å². The maximum atomic E-state index is 4.17. The number of aliphatic imine (C=N–C) groups is 1. The second-order valence-corrected chi connectivity index (χ2v) is 5.35. The smallest absolute Gasteiger partial charge is 0.0277 e. The zero-order chi connectivity index (χ0) is 14.5. The Bertz CT molecular complexity index is 389. The molecule has 0 radical (unpaired) electrons. The third kappa shape index (κ3) is 7.93. The molecule has 0 unspecified atom stereocenters. The van der Waals surface area contributed by atoms with Crippen LogP contribution in [-0.2, 0) is 6.42 Å². The van der Waals surface area contributed by atoms with E-state index in [9.17, 15) is 0 Å². The van der Waals surface area contributed by atoms with Gasteiger partial charge in [0.05, 0.1) is 0 Å². The quantitative estimate of drug-likeness (QED) is 0.387. The molecule has 110 valence electrons. The molecule has 1 nitrogen and oxygen atoms in total. The third-order valence-corrected chi connectivity index (χ3v) is 3.53. The Morgan fingerprint density at radius 1 is 1.05 bits per heavy atom. The van der Waals surface area contributed by atoms with Crippen molar-refractivity contribution in [3.05, 3.63) is 47.5 Å². The summed E-state index contributed by atoms with van der Waals surface area (Å²) in [5.41, 5.74) is 2.87. The molecule has 0 N–H and O–H groups in total. The maximum absolute atomic E-state index is 4.17. The lowest BCUT2D eigenvalue weighted by atomic mass is 10.0. The second kappa shape index (κ2) is 11.5. The molecular formula is C19H29N. The van der Waals surface area contributed by atoms with Gasteiger partial charge in [-0.1, -0.05) is 56.2 Å². The van der Waals surface area contributed by atoms with Crippen molar-refractivity contribution in [3.8, 4) is 0 Å². The third-order valence-electron chi connectivity index (χ3n) is 3.53. The van der Waals surface area contributed by atoms with Crippen LogP contribution in [0, 0.1) is 0 Å². The first kappa shape index (κ1) is 16.7. The van der Waals surface area contributed by atoms with E-state index in [-0.39, 0.29) is 0 Å². The van der Waals surface area contributed by atoms with Crippen LogP contribution in [0.15, 0.2) is 47.0 Å². The Balaban J connectivity index is 2.22. The highest BCUT2D eigenvalue weighted by Gasteiger charge is 1.95. The number of hydrogen-bond donors (Lipinski definition) is 0. The van der Waals surface area contributed by atoms with Gasteiger partial charge in [0, 0.05) is 13.3 Å². The van der Waals surface area contributed by atoms with E-state index in [4.69, 9.17) is 0 Å². The Labute approximate surface area is 124 Å². The summed E-state index contributed by atoms with van der Waals surface area (Å²) in [4.78, 5) is 4.17. The summed E-state index contributed by atoms with van der Waals surface area (Å²) < 4.78 is 0. The second-order valence-electron chi connectivity index (χ2n) is 5.35.